The van der Waals surface area contributed by atoms with Gasteiger partial charge in [0.1, 0.15) is 0 Å². The van der Waals surface area contributed by atoms with Crippen molar-refractivity contribution in [1.29, 1.82) is 0 Å². The zero-order valence-corrected chi connectivity index (χ0v) is 18.3. The van der Waals surface area contributed by atoms with Gasteiger partial charge < -0.3 is 14.2 Å². The van der Waals surface area contributed by atoms with E-state index in [2.05, 4.69) is 5.10 Å². The first-order chi connectivity index (χ1) is 14.8. The Kier molecular flexibility index (Phi) is 6.74. The smallest absolute Gasteiger partial charge is 0.338 e. The molecule has 1 amide bonds. The van der Waals surface area contributed by atoms with Crippen LogP contribution in [0.4, 0.5) is 5.69 Å². The largest absolute Gasteiger partial charge is 0.493 e. The molecule has 31 heavy (non-hydrogen) atoms. The first-order valence-electron chi connectivity index (χ1n) is 10.1. The lowest BCUT2D eigenvalue weighted by atomic mass is 10.1. The minimum Gasteiger partial charge on any atom is -0.493 e. The summed E-state index contributed by atoms with van der Waals surface area (Å²) in [6.45, 7) is 7.80. The number of hydrogen-bond acceptors (Lipinski definition) is 6. The van der Waals surface area contributed by atoms with Gasteiger partial charge in [-0.3, -0.25) is 4.79 Å². The number of rotatable bonds is 7. The summed E-state index contributed by atoms with van der Waals surface area (Å²) in [5, 5.41) is 5.71. The van der Waals surface area contributed by atoms with Crippen LogP contribution in [0.1, 0.15) is 43.6 Å². The van der Waals surface area contributed by atoms with Gasteiger partial charge >= 0.3 is 5.97 Å². The van der Waals surface area contributed by atoms with Crippen molar-refractivity contribution in [3.8, 4) is 11.5 Å². The number of carbonyl (C=O) groups excluding carboxylic acids is 2. The molecule has 0 unspecified atom stereocenters. The molecule has 0 aromatic heterocycles. The Morgan fingerprint density at radius 2 is 1.84 bits per heavy atom. The highest BCUT2D eigenvalue weighted by atomic mass is 16.5. The molecule has 7 nitrogen and oxygen atoms in total. The fraction of sp³-hybridized carbons (Fsp3) is 0.292. The Balaban J connectivity index is 1.82. The predicted molar refractivity (Wildman–Crippen MR) is 120 cm³/mol. The van der Waals surface area contributed by atoms with E-state index in [1.54, 1.807) is 58.2 Å². The molecular formula is C24H26N2O5. The fourth-order valence-electron chi connectivity index (χ4n) is 3.10. The first-order valence-corrected chi connectivity index (χ1v) is 10.1. The maximum absolute atomic E-state index is 13.0. The van der Waals surface area contributed by atoms with Crippen molar-refractivity contribution in [2.24, 2.45) is 5.10 Å². The van der Waals surface area contributed by atoms with Gasteiger partial charge in [-0.1, -0.05) is 6.07 Å². The molecule has 0 fully saturated rings. The van der Waals surface area contributed by atoms with E-state index in [1.807, 2.05) is 25.1 Å². The molecule has 162 valence electrons. The second-order valence-corrected chi connectivity index (χ2v) is 7.20. The van der Waals surface area contributed by atoms with Gasteiger partial charge in [-0.2, -0.15) is 10.1 Å². The van der Waals surface area contributed by atoms with Crippen LogP contribution in [0.15, 0.2) is 53.1 Å². The predicted octanol–water partition coefficient (Wildman–Crippen LogP) is 4.47. The normalized spacial score (nSPS) is 14.8. The summed E-state index contributed by atoms with van der Waals surface area (Å²) >= 11 is 0. The molecule has 0 saturated heterocycles. The Bertz CT molecular complexity index is 1040. The van der Waals surface area contributed by atoms with Gasteiger partial charge in [0.2, 0.25) is 0 Å². The highest BCUT2D eigenvalue weighted by Gasteiger charge is 2.29. The van der Waals surface area contributed by atoms with Crippen molar-refractivity contribution in [3.63, 3.8) is 0 Å². The van der Waals surface area contributed by atoms with Crippen LogP contribution >= 0.6 is 0 Å². The van der Waals surface area contributed by atoms with Crippen LogP contribution in [0.25, 0.3) is 6.08 Å². The SMILES string of the molecule is CCOc1ccc(/C=C2/C(=O)N(c3ccc(C(=O)OC(C)C)cc3)N=C2C)cc1OC. The minimum absolute atomic E-state index is 0.200. The topological polar surface area (TPSA) is 77.4 Å². The maximum atomic E-state index is 13.0. The molecule has 0 aliphatic carbocycles. The number of esters is 1. The van der Waals surface area contributed by atoms with Crippen molar-refractivity contribution in [2.75, 3.05) is 18.7 Å². The first kappa shape index (κ1) is 22.1. The molecule has 0 saturated carbocycles. The summed E-state index contributed by atoms with van der Waals surface area (Å²) in [7, 11) is 1.57. The number of benzene rings is 2. The van der Waals surface area contributed by atoms with E-state index in [1.165, 1.54) is 5.01 Å². The number of amides is 1. The zero-order valence-electron chi connectivity index (χ0n) is 18.3. The van der Waals surface area contributed by atoms with Crippen LogP contribution < -0.4 is 14.5 Å². The average molecular weight is 422 g/mol. The van der Waals surface area contributed by atoms with E-state index in [9.17, 15) is 9.59 Å². The molecule has 0 radical (unpaired) electrons. The Labute approximate surface area is 181 Å². The van der Waals surface area contributed by atoms with Crippen LogP contribution in [0.5, 0.6) is 11.5 Å². The van der Waals surface area contributed by atoms with Gasteiger partial charge in [-0.15, -0.1) is 0 Å². The third-order valence-corrected chi connectivity index (χ3v) is 4.55. The monoisotopic (exact) mass is 422 g/mol. The van der Waals surface area contributed by atoms with E-state index in [4.69, 9.17) is 14.2 Å². The van der Waals surface area contributed by atoms with Crippen molar-refractivity contribution in [2.45, 2.75) is 33.8 Å². The van der Waals surface area contributed by atoms with E-state index < -0.39 is 5.97 Å². The van der Waals surface area contributed by atoms with Crippen LogP contribution in [-0.2, 0) is 9.53 Å². The Morgan fingerprint density at radius 3 is 2.45 bits per heavy atom. The van der Waals surface area contributed by atoms with Gasteiger partial charge in [-0.05, 0) is 75.7 Å². The summed E-state index contributed by atoms with van der Waals surface area (Å²) in [6.07, 6.45) is 1.57. The molecular weight excluding hydrogens is 396 g/mol. The summed E-state index contributed by atoms with van der Waals surface area (Å²) in [6, 6.07) is 12.1. The van der Waals surface area contributed by atoms with Crippen LogP contribution in [-0.4, -0.2) is 37.4 Å². The molecule has 7 heteroatoms. The summed E-state index contributed by atoms with van der Waals surface area (Å²) in [5.41, 5.74) is 2.86. The van der Waals surface area contributed by atoms with Gasteiger partial charge in [0.05, 0.1) is 42.4 Å². The molecule has 0 atom stereocenters. The molecule has 0 bridgehead atoms. The van der Waals surface area contributed by atoms with Crippen LogP contribution in [0, 0.1) is 0 Å². The van der Waals surface area contributed by atoms with Crippen LogP contribution in [0.2, 0.25) is 0 Å². The molecule has 0 N–H and O–H groups in total. The molecule has 1 aliphatic rings. The lowest BCUT2D eigenvalue weighted by Gasteiger charge is -2.13. The zero-order chi connectivity index (χ0) is 22.5. The highest BCUT2D eigenvalue weighted by Crippen LogP contribution is 2.30. The van der Waals surface area contributed by atoms with Gasteiger partial charge in [0.25, 0.3) is 5.91 Å². The number of carbonyl (C=O) groups is 2. The Hall–Kier alpha value is -3.61. The van der Waals surface area contributed by atoms with E-state index in [-0.39, 0.29) is 12.0 Å². The number of anilines is 1. The number of ether oxygens (including phenoxy) is 3. The minimum atomic E-state index is -0.404. The lowest BCUT2D eigenvalue weighted by molar-refractivity contribution is -0.114. The molecule has 2 aromatic carbocycles. The second kappa shape index (κ2) is 9.47. The molecule has 1 aliphatic heterocycles. The number of methoxy groups -OCH3 is 1. The fourth-order valence-corrected chi connectivity index (χ4v) is 3.10. The quantitative estimate of drug-likeness (QED) is 0.486. The number of hydrogen-bond donors (Lipinski definition) is 0. The van der Waals surface area contributed by atoms with Crippen molar-refractivity contribution < 1.29 is 23.8 Å². The van der Waals surface area contributed by atoms with Gasteiger partial charge in [-0.25, -0.2) is 4.79 Å². The third-order valence-electron chi connectivity index (χ3n) is 4.55. The highest BCUT2D eigenvalue weighted by molar-refractivity contribution is 6.32. The van der Waals surface area contributed by atoms with Crippen molar-refractivity contribution in [3.05, 3.63) is 59.2 Å². The van der Waals surface area contributed by atoms with Crippen LogP contribution in [0.3, 0.4) is 0 Å². The third kappa shape index (κ3) is 4.94. The van der Waals surface area contributed by atoms with Gasteiger partial charge in [0, 0.05) is 0 Å². The average Bonchev–Trinajstić information content (AvgIpc) is 3.02. The number of nitrogens with zero attached hydrogens (tertiary/aromatic N) is 2. The molecule has 3 rings (SSSR count). The molecule has 1 heterocycles. The summed E-state index contributed by atoms with van der Waals surface area (Å²) < 4.78 is 16.1. The van der Waals surface area contributed by atoms with E-state index in [0.29, 0.717) is 40.6 Å². The van der Waals surface area contributed by atoms with Crippen molar-refractivity contribution in [1.82, 2.24) is 0 Å². The Morgan fingerprint density at radius 1 is 1.13 bits per heavy atom. The van der Waals surface area contributed by atoms with Crippen molar-refractivity contribution >= 4 is 29.4 Å². The standard InChI is InChI=1S/C24H26N2O5/c1-6-30-21-12-7-17(14-22(21)29-5)13-20-16(4)25-26(23(20)27)19-10-8-18(9-11-19)24(28)31-15(2)3/h7-15H,6H2,1-5H3/b20-13+. The van der Waals surface area contributed by atoms with E-state index in [0.717, 1.165) is 5.56 Å². The number of hydrazone groups is 1. The van der Waals surface area contributed by atoms with E-state index >= 15 is 0 Å². The molecule has 0 spiro atoms. The summed E-state index contributed by atoms with van der Waals surface area (Å²) in [5.74, 6) is 0.590. The van der Waals surface area contributed by atoms with Gasteiger partial charge in [0.15, 0.2) is 11.5 Å². The second-order valence-electron chi connectivity index (χ2n) is 7.20. The maximum Gasteiger partial charge on any atom is 0.338 e. The summed E-state index contributed by atoms with van der Waals surface area (Å²) in [4.78, 5) is 25.0. The molecule has 2 aromatic rings. The lowest BCUT2D eigenvalue weighted by Crippen LogP contribution is -2.21.